The number of urea groups is 1. The van der Waals surface area contributed by atoms with Crippen LogP contribution in [0.4, 0.5) is 10.5 Å². The summed E-state index contributed by atoms with van der Waals surface area (Å²) < 4.78 is 13.6. The minimum atomic E-state index is -0.421. The van der Waals surface area contributed by atoms with E-state index in [4.69, 9.17) is 30.8 Å². The van der Waals surface area contributed by atoms with E-state index >= 15 is 0 Å². The zero-order valence-electron chi connectivity index (χ0n) is 29.5. The van der Waals surface area contributed by atoms with E-state index in [1.807, 2.05) is 45.0 Å². The molecule has 2 amide bonds. The van der Waals surface area contributed by atoms with Crippen LogP contribution >= 0.6 is 0 Å². The maximum atomic E-state index is 13.5. The second-order valence-electron chi connectivity index (χ2n) is 14.0. The van der Waals surface area contributed by atoms with Crippen LogP contribution in [0.5, 0.6) is 11.5 Å². The molecular weight excluding hydrogens is 632 g/mol. The lowest BCUT2D eigenvalue weighted by molar-refractivity contribution is 0.170. The summed E-state index contributed by atoms with van der Waals surface area (Å²) in [5.74, 6) is 1.75. The first kappa shape index (κ1) is 36.3. The molecule has 2 aliphatic rings. The van der Waals surface area contributed by atoms with E-state index in [-0.39, 0.29) is 49.3 Å². The van der Waals surface area contributed by atoms with Crippen LogP contribution in [0, 0.1) is 21.6 Å². The Morgan fingerprint density at radius 3 is 2.52 bits per heavy atom. The van der Waals surface area contributed by atoms with Gasteiger partial charge < -0.3 is 30.2 Å². The van der Waals surface area contributed by atoms with E-state index < -0.39 is 11.4 Å². The minimum absolute atomic E-state index is 0.108. The zero-order valence-corrected chi connectivity index (χ0v) is 29.5. The third-order valence-electron chi connectivity index (χ3n) is 9.19. The zero-order chi connectivity index (χ0) is 35.8. The lowest BCUT2D eigenvalue weighted by Gasteiger charge is -2.36. The monoisotopic (exact) mass is 682 g/mol. The summed E-state index contributed by atoms with van der Waals surface area (Å²) in [7, 11) is 0. The summed E-state index contributed by atoms with van der Waals surface area (Å²) in [4.78, 5) is 20.3. The normalized spacial score (nSPS) is 19.3. The number of pyridine rings is 1. The number of fused-ring (bicyclic) bond motifs is 1. The Hall–Kier alpha value is -4.97. The van der Waals surface area contributed by atoms with Gasteiger partial charge in [0, 0.05) is 30.8 Å². The Bertz CT molecular complexity index is 1780. The first-order chi connectivity index (χ1) is 23.9. The van der Waals surface area contributed by atoms with Crippen molar-refractivity contribution in [3.63, 3.8) is 0 Å². The average Bonchev–Trinajstić information content (AvgIpc) is 3.09. The van der Waals surface area contributed by atoms with Crippen LogP contribution in [0.2, 0.25) is 0 Å². The molecule has 0 spiro atoms. The largest absolute Gasteiger partial charge is 0.491 e. The predicted molar refractivity (Wildman–Crippen MR) is 195 cm³/mol. The molecule has 1 aromatic heterocycles. The van der Waals surface area contributed by atoms with Crippen LogP contribution in [-0.4, -0.2) is 63.9 Å². The molecule has 2 heterocycles. The summed E-state index contributed by atoms with van der Waals surface area (Å²) >= 11 is 0. The molecule has 0 saturated carbocycles. The third kappa shape index (κ3) is 9.17. The second kappa shape index (κ2) is 16.2. The number of piperidine rings is 1. The van der Waals surface area contributed by atoms with E-state index in [9.17, 15) is 4.79 Å². The molecule has 12 nitrogen and oxygen atoms in total. The quantitative estimate of drug-likeness (QED) is 0.113. The lowest BCUT2D eigenvalue weighted by atomic mass is 9.85. The number of aliphatic imine (C=N–C) groups is 1. The minimum Gasteiger partial charge on any atom is -0.491 e. The van der Waals surface area contributed by atoms with Crippen LogP contribution in [-0.2, 0) is 0 Å². The first-order valence-electron chi connectivity index (χ1n) is 17.4. The molecule has 2 aromatic carbocycles. The summed E-state index contributed by atoms with van der Waals surface area (Å²) in [5, 5.41) is 41.2. The van der Waals surface area contributed by atoms with Crippen molar-refractivity contribution in [1.82, 2.24) is 20.1 Å². The molecule has 3 unspecified atom stereocenters. The highest BCUT2D eigenvalue weighted by Crippen LogP contribution is 2.38. The number of nitrogens with one attached hydrogen (secondary N) is 5. The van der Waals surface area contributed by atoms with Crippen LogP contribution in [0.25, 0.3) is 0 Å². The number of hydrogen-bond donors (Lipinski definition) is 6. The number of carbonyl (C=O) groups is 1. The van der Waals surface area contributed by atoms with Crippen molar-refractivity contribution in [2.45, 2.75) is 84.4 Å². The molecule has 6 N–H and O–H groups in total. The Kier molecular flexibility index (Phi) is 11.7. The number of amidine groups is 1. The molecule has 1 aliphatic carbocycles. The average molecular weight is 683 g/mol. The van der Waals surface area contributed by atoms with Crippen molar-refractivity contribution in [2.75, 3.05) is 19.8 Å². The van der Waals surface area contributed by atoms with Gasteiger partial charge in [0.05, 0.1) is 24.5 Å². The van der Waals surface area contributed by atoms with Crippen LogP contribution in [0.1, 0.15) is 89.5 Å². The van der Waals surface area contributed by atoms with Gasteiger partial charge in [0.2, 0.25) is 5.96 Å². The Balaban J connectivity index is 1.31. The second-order valence-corrected chi connectivity index (χ2v) is 14.0. The predicted octanol–water partition coefficient (Wildman–Crippen LogP) is 6.44. The van der Waals surface area contributed by atoms with Crippen LogP contribution in [0.15, 0.2) is 71.9 Å². The number of ether oxygens (including phenoxy) is 2. The summed E-state index contributed by atoms with van der Waals surface area (Å²) in [5.41, 5.74) is 2.72. The molecule has 12 heteroatoms. The molecule has 50 heavy (non-hydrogen) atoms. The highest BCUT2D eigenvalue weighted by molar-refractivity contribution is 6.09. The number of carbonyl (C=O) groups excluding carboxylic acids is 1. The number of likely N-dealkylation sites (tertiary alicyclic amines) is 1. The molecular formula is C38H50N8O4. The molecule has 5 rings (SSSR count). The number of rotatable bonds is 9. The fourth-order valence-corrected chi connectivity index (χ4v) is 6.30. The summed E-state index contributed by atoms with van der Waals surface area (Å²) in [6, 6.07) is 18.0. The fourth-order valence-electron chi connectivity index (χ4n) is 6.30. The van der Waals surface area contributed by atoms with Gasteiger partial charge in [-0.3, -0.25) is 20.7 Å². The SMILES string of the molecule is CC1CCCCN1C(=N)n1cc(OC2CCC(NC(=O)NC(CC(=N)C(C)(C)C)=Nc3cccc(OCCO)c3)c3ccccc32)ccc1=N. The van der Waals surface area contributed by atoms with Gasteiger partial charge in [0.15, 0.2) is 0 Å². The van der Waals surface area contributed by atoms with Crippen molar-refractivity contribution >= 4 is 29.2 Å². The molecule has 3 aromatic rings. The maximum absolute atomic E-state index is 13.5. The lowest BCUT2D eigenvalue weighted by Crippen LogP contribution is -2.47. The Morgan fingerprint density at radius 1 is 1.00 bits per heavy atom. The smallest absolute Gasteiger partial charge is 0.320 e. The van der Waals surface area contributed by atoms with E-state index in [1.54, 1.807) is 47.2 Å². The number of nitrogens with zero attached hydrogens (tertiary/aromatic N) is 3. The van der Waals surface area contributed by atoms with Gasteiger partial charge in [-0.1, -0.05) is 51.1 Å². The number of aromatic nitrogens is 1. The maximum Gasteiger partial charge on any atom is 0.320 e. The highest BCUT2D eigenvalue weighted by Gasteiger charge is 2.30. The molecule has 0 radical (unpaired) electrons. The Labute approximate surface area is 294 Å². The summed E-state index contributed by atoms with van der Waals surface area (Å²) in [6.07, 6.45) is 6.10. The van der Waals surface area contributed by atoms with Crippen LogP contribution in [0.3, 0.4) is 0 Å². The number of hydrogen-bond acceptors (Lipinski definition) is 8. The molecule has 3 atom stereocenters. The number of aliphatic hydroxyl groups is 1. The number of benzene rings is 2. The van der Waals surface area contributed by atoms with Crippen molar-refractivity contribution in [1.29, 1.82) is 16.2 Å². The van der Waals surface area contributed by atoms with Crippen LogP contribution < -0.4 is 25.6 Å². The van der Waals surface area contributed by atoms with Gasteiger partial charge in [0.25, 0.3) is 0 Å². The Morgan fingerprint density at radius 2 is 1.78 bits per heavy atom. The fraction of sp³-hybridized carbons (Fsp3) is 0.447. The van der Waals surface area contributed by atoms with E-state index in [1.165, 1.54) is 0 Å². The van der Waals surface area contributed by atoms with Gasteiger partial charge in [-0.05, 0) is 79.8 Å². The van der Waals surface area contributed by atoms with Crippen molar-refractivity contribution in [3.05, 3.63) is 83.5 Å². The van der Waals surface area contributed by atoms with Gasteiger partial charge in [0.1, 0.15) is 35.5 Å². The first-order valence-corrected chi connectivity index (χ1v) is 17.4. The third-order valence-corrected chi connectivity index (χ3v) is 9.19. The molecule has 0 bridgehead atoms. The van der Waals surface area contributed by atoms with E-state index in [0.717, 1.165) is 36.9 Å². The standard InChI is InChI=1S/C38H50N8O4/c1-25-10-7-8-19-45(25)36(41)46-24-28(15-18-34(46)40)50-32-17-16-31(29-13-5-6-14-30(29)32)43-37(48)44-35(23-33(39)38(2,3)4)42-26-11-9-12-27(22-26)49-21-20-47/h5-6,9,11-15,18,22,24-25,31-32,39-41,47H,7-8,10,16-17,19-21,23H2,1-4H3,(H2,42,43,44,48). The van der Waals surface area contributed by atoms with E-state index in [0.29, 0.717) is 41.6 Å². The van der Waals surface area contributed by atoms with Gasteiger partial charge in [-0.2, -0.15) is 0 Å². The van der Waals surface area contributed by atoms with Crippen molar-refractivity contribution in [3.8, 4) is 11.5 Å². The van der Waals surface area contributed by atoms with Gasteiger partial charge in [-0.25, -0.2) is 9.79 Å². The number of amides is 2. The van der Waals surface area contributed by atoms with E-state index in [2.05, 4.69) is 27.4 Å². The molecule has 266 valence electrons. The highest BCUT2D eigenvalue weighted by atomic mass is 16.5. The molecule has 1 aliphatic heterocycles. The summed E-state index contributed by atoms with van der Waals surface area (Å²) in [6.45, 7) is 8.83. The molecule has 1 fully saturated rings. The van der Waals surface area contributed by atoms with Gasteiger partial charge in [-0.15, -0.1) is 0 Å². The van der Waals surface area contributed by atoms with Crippen molar-refractivity contribution in [2.24, 2.45) is 10.4 Å². The molecule has 1 saturated heterocycles. The van der Waals surface area contributed by atoms with Gasteiger partial charge >= 0.3 is 6.03 Å². The van der Waals surface area contributed by atoms with Crippen molar-refractivity contribution < 1.29 is 19.4 Å². The number of aliphatic hydroxyl groups excluding tert-OH is 1. The topological polar surface area (TPSA) is 172 Å².